The largest absolute Gasteiger partial charge is 0.455 e. The number of furan rings is 1. The number of nitriles is 1. The number of nitrogens with zero attached hydrogens (tertiary/aromatic N) is 6. The molecule has 0 saturated heterocycles. The summed E-state index contributed by atoms with van der Waals surface area (Å²) in [6, 6.07) is 45.7. The van der Waals surface area contributed by atoms with Crippen molar-refractivity contribution in [2.75, 3.05) is 0 Å². The van der Waals surface area contributed by atoms with Crippen LogP contribution in [0.3, 0.4) is 0 Å². The van der Waals surface area contributed by atoms with E-state index in [1.54, 1.807) is 0 Å². The molecule has 51 heavy (non-hydrogen) atoms. The maximum atomic E-state index is 10.2. The Hall–Kier alpha value is -6.78. The van der Waals surface area contributed by atoms with Gasteiger partial charge in [-0.05, 0) is 54.6 Å². The van der Waals surface area contributed by atoms with E-state index in [0.29, 0.717) is 23.2 Å². The molecule has 7 heteroatoms. The Labute approximate surface area is 292 Å². The predicted octanol–water partition coefficient (Wildman–Crippen LogP) is 10.8. The molecule has 0 aliphatic heterocycles. The Bertz CT molecular complexity index is 3040. The van der Waals surface area contributed by atoms with Gasteiger partial charge in [-0.25, -0.2) is 4.98 Å². The third kappa shape index (κ3) is 4.26. The molecule has 0 radical (unpaired) electrons. The first-order chi connectivity index (χ1) is 24.9. The lowest BCUT2D eigenvalue weighted by atomic mass is 9.95. The number of hydrogen-bond donors (Lipinski definition) is 0. The topological polar surface area (TPSA) is 85.5 Å². The summed E-state index contributed by atoms with van der Waals surface area (Å²) >= 11 is 0. The van der Waals surface area contributed by atoms with Crippen molar-refractivity contribution >= 4 is 65.6 Å². The molecule has 0 bridgehead atoms. The van der Waals surface area contributed by atoms with Crippen molar-refractivity contribution in [2.45, 2.75) is 26.2 Å². The molecule has 6 aromatic carbocycles. The smallest absolute Gasteiger partial charge is 0.238 e. The lowest BCUT2D eigenvalue weighted by molar-refractivity contribution is 0.540. The number of benzene rings is 6. The number of aromatic nitrogens is 5. The van der Waals surface area contributed by atoms with Crippen LogP contribution in [0.25, 0.3) is 88.6 Å². The van der Waals surface area contributed by atoms with Crippen molar-refractivity contribution in [3.8, 4) is 29.1 Å². The van der Waals surface area contributed by atoms with Gasteiger partial charge in [0.1, 0.15) is 17.0 Å². The van der Waals surface area contributed by atoms with Crippen molar-refractivity contribution in [2.24, 2.45) is 0 Å². The van der Waals surface area contributed by atoms with Crippen LogP contribution >= 0.6 is 0 Å². The van der Waals surface area contributed by atoms with Crippen LogP contribution in [0.4, 0.5) is 0 Å². The molecule has 0 atom stereocenters. The lowest BCUT2D eigenvalue weighted by Gasteiger charge is -2.20. The van der Waals surface area contributed by atoms with Gasteiger partial charge >= 0.3 is 0 Å². The molecule has 0 amide bonds. The molecule has 10 rings (SSSR count). The molecule has 4 heterocycles. The molecule has 4 aromatic heterocycles. The van der Waals surface area contributed by atoms with Gasteiger partial charge < -0.3 is 8.98 Å². The monoisotopic (exact) mass is 658 g/mol. The molecule has 10 aromatic rings. The van der Waals surface area contributed by atoms with Gasteiger partial charge in [0.25, 0.3) is 0 Å². The first-order valence-corrected chi connectivity index (χ1v) is 17.0. The molecule has 0 spiro atoms. The van der Waals surface area contributed by atoms with E-state index in [0.717, 1.165) is 76.8 Å². The Morgan fingerprint density at radius 1 is 0.588 bits per heavy atom. The van der Waals surface area contributed by atoms with Gasteiger partial charge in [-0.3, -0.25) is 4.57 Å². The van der Waals surface area contributed by atoms with E-state index >= 15 is 0 Å². The van der Waals surface area contributed by atoms with Gasteiger partial charge in [-0.2, -0.15) is 15.2 Å². The zero-order chi connectivity index (χ0) is 34.4. The normalized spacial score (nSPS) is 12.2. The highest BCUT2D eigenvalue weighted by Gasteiger charge is 2.26. The van der Waals surface area contributed by atoms with Crippen LogP contribution in [0.2, 0.25) is 0 Å². The van der Waals surface area contributed by atoms with Crippen LogP contribution in [0.1, 0.15) is 32.2 Å². The second-order valence-electron chi connectivity index (χ2n) is 14.0. The highest BCUT2D eigenvalue weighted by Crippen LogP contribution is 2.42. The van der Waals surface area contributed by atoms with Crippen molar-refractivity contribution in [3.63, 3.8) is 0 Å². The quantitative estimate of drug-likeness (QED) is 0.189. The van der Waals surface area contributed by atoms with E-state index < -0.39 is 5.41 Å². The fraction of sp³-hybridized carbons (Fsp3) is 0.0909. The highest BCUT2D eigenvalue weighted by molar-refractivity contribution is 6.24. The molecular formula is C44H30N6O. The van der Waals surface area contributed by atoms with E-state index in [2.05, 4.69) is 115 Å². The fourth-order valence-corrected chi connectivity index (χ4v) is 7.53. The van der Waals surface area contributed by atoms with Gasteiger partial charge in [0.15, 0.2) is 5.82 Å². The van der Waals surface area contributed by atoms with E-state index in [1.807, 2.05) is 48.5 Å². The van der Waals surface area contributed by atoms with Crippen molar-refractivity contribution < 1.29 is 4.42 Å². The van der Waals surface area contributed by atoms with Crippen molar-refractivity contribution in [3.05, 3.63) is 139 Å². The Balaban J connectivity index is 1.30. The van der Waals surface area contributed by atoms with Gasteiger partial charge in [-0.1, -0.05) is 93.6 Å². The molecule has 242 valence electrons. The average molecular weight is 659 g/mol. The second kappa shape index (κ2) is 10.6. The van der Waals surface area contributed by atoms with Gasteiger partial charge in [0.2, 0.25) is 5.95 Å². The number of hydrogen-bond acceptors (Lipinski definition) is 5. The number of para-hydroxylation sites is 4. The van der Waals surface area contributed by atoms with Crippen LogP contribution in [-0.4, -0.2) is 24.1 Å². The summed E-state index contributed by atoms with van der Waals surface area (Å²) in [6.45, 7) is 6.33. The number of fused-ring (bicyclic) bond motifs is 10. The second-order valence-corrected chi connectivity index (χ2v) is 14.0. The summed E-state index contributed by atoms with van der Waals surface area (Å²) in [5.74, 6) is 1.68. The molecular weight excluding hydrogens is 629 g/mol. The summed E-state index contributed by atoms with van der Waals surface area (Å²) in [6.07, 6.45) is 0. The van der Waals surface area contributed by atoms with Crippen molar-refractivity contribution in [1.82, 2.24) is 24.1 Å². The first-order valence-electron chi connectivity index (χ1n) is 17.0. The zero-order valence-corrected chi connectivity index (χ0v) is 28.2. The molecule has 7 nitrogen and oxygen atoms in total. The summed E-state index contributed by atoms with van der Waals surface area (Å²) in [7, 11) is 0. The molecule has 0 fully saturated rings. The number of rotatable bonds is 3. The molecule has 0 unspecified atom stereocenters. The highest BCUT2D eigenvalue weighted by atomic mass is 16.3. The standard InChI is InChI=1S/C44H30N6O/c1-44(2,3)42-46-41(47-43(48-42)50-33-16-8-4-12-27(33)28-13-5-9-17-34(28)50)32-24-26(25-45)20-22-36(32)49-35-18-10-6-15-31(35)39-37(49)23-21-30-29-14-7-11-19-38(29)51-40(30)39/h4-24H,1-3H3. The molecule has 0 aliphatic rings. The maximum absolute atomic E-state index is 10.2. The van der Waals surface area contributed by atoms with Gasteiger partial charge in [0, 0.05) is 37.9 Å². The summed E-state index contributed by atoms with van der Waals surface area (Å²) in [5.41, 5.74) is 7.45. The van der Waals surface area contributed by atoms with Gasteiger partial charge in [-0.15, -0.1) is 0 Å². The minimum absolute atomic E-state index is 0.391. The van der Waals surface area contributed by atoms with Crippen LogP contribution in [0.5, 0.6) is 0 Å². The minimum Gasteiger partial charge on any atom is -0.455 e. The van der Waals surface area contributed by atoms with E-state index in [4.69, 9.17) is 19.4 Å². The third-order valence-corrected chi connectivity index (χ3v) is 9.86. The zero-order valence-electron chi connectivity index (χ0n) is 28.2. The van der Waals surface area contributed by atoms with Crippen LogP contribution in [0.15, 0.2) is 132 Å². The summed E-state index contributed by atoms with van der Waals surface area (Å²) < 4.78 is 10.9. The van der Waals surface area contributed by atoms with Crippen LogP contribution in [-0.2, 0) is 5.41 Å². The van der Waals surface area contributed by atoms with Crippen LogP contribution in [0, 0.1) is 11.3 Å². The minimum atomic E-state index is -0.391. The lowest BCUT2D eigenvalue weighted by Crippen LogP contribution is -2.19. The average Bonchev–Trinajstić information content (AvgIpc) is 3.82. The van der Waals surface area contributed by atoms with Crippen molar-refractivity contribution in [1.29, 1.82) is 5.26 Å². The molecule has 0 N–H and O–H groups in total. The van der Waals surface area contributed by atoms with Gasteiger partial charge in [0.05, 0.1) is 44.8 Å². The maximum Gasteiger partial charge on any atom is 0.238 e. The van der Waals surface area contributed by atoms with E-state index in [-0.39, 0.29) is 0 Å². The van der Waals surface area contributed by atoms with E-state index in [1.165, 1.54) is 0 Å². The summed E-state index contributed by atoms with van der Waals surface area (Å²) in [4.78, 5) is 15.5. The Morgan fingerprint density at radius 2 is 1.22 bits per heavy atom. The molecule has 0 saturated carbocycles. The first kappa shape index (κ1) is 29.2. The SMILES string of the molecule is CC(C)(C)c1nc(-c2cc(C#N)ccc2-n2c3ccccc3c3c4oc5ccccc5c4ccc32)nc(-n2c3ccccc3c3ccccc32)n1. The Morgan fingerprint density at radius 3 is 1.90 bits per heavy atom. The fourth-order valence-electron chi connectivity index (χ4n) is 7.53. The predicted molar refractivity (Wildman–Crippen MR) is 205 cm³/mol. The van der Waals surface area contributed by atoms with E-state index in [9.17, 15) is 5.26 Å². The summed E-state index contributed by atoms with van der Waals surface area (Å²) in [5, 5.41) is 16.7. The molecule has 0 aliphatic carbocycles. The van der Waals surface area contributed by atoms with Crippen LogP contribution < -0.4 is 0 Å². The Kier molecular flexibility index (Phi) is 6.07. The third-order valence-electron chi connectivity index (χ3n) is 9.86.